The zero-order valence-corrected chi connectivity index (χ0v) is 13.5. The molecule has 1 aliphatic carbocycles. The number of carbonyl (C=O) groups excluding carboxylic acids is 1. The van der Waals surface area contributed by atoms with Crippen LogP contribution in [0.3, 0.4) is 0 Å². The van der Waals surface area contributed by atoms with Crippen LogP contribution in [-0.2, 0) is 14.6 Å². The van der Waals surface area contributed by atoms with Gasteiger partial charge in [-0.2, -0.15) is 0 Å². The lowest BCUT2D eigenvalue weighted by Gasteiger charge is -2.44. The predicted molar refractivity (Wildman–Crippen MR) is 80.2 cm³/mol. The van der Waals surface area contributed by atoms with E-state index in [1.54, 1.807) is 0 Å². The van der Waals surface area contributed by atoms with Gasteiger partial charge in [-0.15, -0.1) is 0 Å². The maximum Gasteiger partial charge on any atom is 0.225 e. The van der Waals surface area contributed by atoms with Crippen LogP contribution in [0.25, 0.3) is 0 Å². The molecule has 2 aliphatic rings. The average molecular weight is 301 g/mol. The summed E-state index contributed by atoms with van der Waals surface area (Å²) in [4.78, 5) is 14.5. The summed E-state index contributed by atoms with van der Waals surface area (Å²) in [6.07, 6.45) is 6.69. The second kappa shape index (κ2) is 6.46. The third-order valence-corrected chi connectivity index (χ3v) is 7.07. The first kappa shape index (κ1) is 15.8. The van der Waals surface area contributed by atoms with Crippen molar-refractivity contribution in [2.75, 3.05) is 12.3 Å². The minimum Gasteiger partial charge on any atom is -0.337 e. The molecule has 5 heteroatoms. The standard InChI is InChI=1S/C15H27NO3S/c1-3-4-7-12(2)15(17)16-10-11-20(18,19)14-9-6-5-8-13(14)16/h12-14H,3-11H2,1-2H3. The molecule has 1 heterocycles. The summed E-state index contributed by atoms with van der Waals surface area (Å²) >= 11 is 0. The predicted octanol–water partition coefficient (Wildman–Crippen LogP) is 2.38. The summed E-state index contributed by atoms with van der Waals surface area (Å²) in [5.41, 5.74) is 0. The van der Waals surface area contributed by atoms with Crippen molar-refractivity contribution in [1.82, 2.24) is 4.90 Å². The van der Waals surface area contributed by atoms with Crippen LogP contribution in [0.15, 0.2) is 0 Å². The van der Waals surface area contributed by atoms with E-state index in [0.29, 0.717) is 6.54 Å². The van der Waals surface area contributed by atoms with Gasteiger partial charge in [0.2, 0.25) is 5.91 Å². The van der Waals surface area contributed by atoms with Crippen LogP contribution in [-0.4, -0.2) is 42.8 Å². The molecule has 0 spiro atoms. The molecule has 3 unspecified atom stereocenters. The highest BCUT2D eigenvalue weighted by Gasteiger charge is 2.44. The Balaban J connectivity index is 2.10. The van der Waals surface area contributed by atoms with E-state index >= 15 is 0 Å². The highest BCUT2D eigenvalue weighted by Crippen LogP contribution is 2.33. The number of hydrogen-bond donors (Lipinski definition) is 0. The molecule has 20 heavy (non-hydrogen) atoms. The Morgan fingerprint density at radius 3 is 2.70 bits per heavy atom. The first-order chi connectivity index (χ1) is 9.47. The fourth-order valence-electron chi connectivity index (χ4n) is 3.59. The molecule has 0 radical (unpaired) electrons. The second-order valence-electron chi connectivity index (χ2n) is 6.33. The summed E-state index contributed by atoms with van der Waals surface area (Å²) in [6, 6.07) is -0.0564. The molecule has 0 N–H and O–H groups in total. The molecule has 0 aromatic carbocycles. The van der Waals surface area contributed by atoms with Crippen molar-refractivity contribution in [3.63, 3.8) is 0 Å². The number of rotatable bonds is 4. The van der Waals surface area contributed by atoms with Gasteiger partial charge in [0.25, 0.3) is 0 Å². The van der Waals surface area contributed by atoms with Gasteiger partial charge in [0, 0.05) is 18.5 Å². The third-order valence-electron chi connectivity index (χ3n) is 4.84. The number of amides is 1. The zero-order chi connectivity index (χ0) is 14.8. The topological polar surface area (TPSA) is 54.5 Å². The van der Waals surface area contributed by atoms with Crippen molar-refractivity contribution in [3.8, 4) is 0 Å². The highest BCUT2D eigenvalue weighted by atomic mass is 32.2. The molecule has 3 atom stereocenters. The lowest BCUT2D eigenvalue weighted by atomic mass is 9.92. The van der Waals surface area contributed by atoms with Crippen molar-refractivity contribution in [1.29, 1.82) is 0 Å². The largest absolute Gasteiger partial charge is 0.337 e. The summed E-state index contributed by atoms with van der Waals surface area (Å²) in [5, 5.41) is -0.299. The Kier molecular flexibility index (Phi) is 5.10. The normalized spacial score (nSPS) is 30.6. The molecule has 116 valence electrons. The number of hydrogen-bond acceptors (Lipinski definition) is 3. The molecular weight excluding hydrogens is 274 g/mol. The molecule has 1 saturated carbocycles. The lowest BCUT2D eigenvalue weighted by molar-refractivity contribution is -0.138. The van der Waals surface area contributed by atoms with Gasteiger partial charge in [-0.25, -0.2) is 8.42 Å². The van der Waals surface area contributed by atoms with Gasteiger partial charge in [0.1, 0.15) is 0 Å². The Hall–Kier alpha value is -0.580. The molecule has 0 aromatic rings. The molecule has 0 aromatic heterocycles. The molecule has 4 nitrogen and oxygen atoms in total. The van der Waals surface area contributed by atoms with Crippen LogP contribution in [0, 0.1) is 5.92 Å². The van der Waals surface area contributed by atoms with E-state index < -0.39 is 9.84 Å². The maximum atomic E-state index is 12.6. The van der Waals surface area contributed by atoms with E-state index in [9.17, 15) is 13.2 Å². The van der Waals surface area contributed by atoms with Gasteiger partial charge in [0.15, 0.2) is 9.84 Å². The van der Waals surface area contributed by atoms with Crippen molar-refractivity contribution in [2.24, 2.45) is 5.92 Å². The highest BCUT2D eigenvalue weighted by molar-refractivity contribution is 7.92. The number of fused-ring (bicyclic) bond motifs is 1. The molecule has 2 fully saturated rings. The van der Waals surface area contributed by atoms with E-state index in [-0.39, 0.29) is 28.9 Å². The van der Waals surface area contributed by atoms with Gasteiger partial charge in [-0.1, -0.05) is 39.5 Å². The summed E-state index contributed by atoms with van der Waals surface area (Å²) in [5.74, 6) is 0.351. The van der Waals surface area contributed by atoms with Crippen LogP contribution in [0.5, 0.6) is 0 Å². The zero-order valence-electron chi connectivity index (χ0n) is 12.7. The van der Waals surface area contributed by atoms with Crippen molar-refractivity contribution in [2.45, 2.75) is 70.1 Å². The van der Waals surface area contributed by atoms with Crippen molar-refractivity contribution in [3.05, 3.63) is 0 Å². The van der Waals surface area contributed by atoms with Crippen LogP contribution >= 0.6 is 0 Å². The fraction of sp³-hybridized carbons (Fsp3) is 0.933. The van der Waals surface area contributed by atoms with E-state index in [2.05, 4.69) is 6.92 Å². The van der Waals surface area contributed by atoms with Gasteiger partial charge in [-0.3, -0.25) is 4.79 Å². The van der Waals surface area contributed by atoms with Gasteiger partial charge in [-0.05, 0) is 19.3 Å². The molecule has 2 rings (SSSR count). The summed E-state index contributed by atoms with van der Waals surface area (Å²) < 4.78 is 24.4. The van der Waals surface area contributed by atoms with Crippen LogP contribution < -0.4 is 0 Å². The second-order valence-corrected chi connectivity index (χ2v) is 8.67. The van der Waals surface area contributed by atoms with Crippen LogP contribution in [0.1, 0.15) is 58.8 Å². The minimum absolute atomic E-state index is 0.0262. The first-order valence-corrected chi connectivity index (χ1v) is 9.71. The van der Waals surface area contributed by atoms with Gasteiger partial charge in [0.05, 0.1) is 11.0 Å². The van der Waals surface area contributed by atoms with E-state index in [0.717, 1.165) is 44.9 Å². The molecule has 0 bridgehead atoms. The van der Waals surface area contributed by atoms with Crippen molar-refractivity contribution >= 4 is 15.7 Å². The van der Waals surface area contributed by atoms with Gasteiger partial charge < -0.3 is 4.90 Å². The fourth-order valence-corrected chi connectivity index (χ4v) is 5.63. The van der Waals surface area contributed by atoms with E-state index in [1.165, 1.54) is 0 Å². The van der Waals surface area contributed by atoms with Gasteiger partial charge >= 0.3 is 0 Å². The Morgan fingerprint density at radius 1 is 1.30 bits per heavy atom. The maximum absolute atomic E-state index is 12.6. The van der Waals surface area contributed by atoms with Crippen LogP contribution in [0.4, 0.5) is 0 Å². The summed E-state index contributed by atoms with van der Waals surface area (Å²) in [7, 11) is -2.99. The third kappa shape index (κ3) is 3.18. The number of carbonyl (C=O) groups is 1. The smallest absolute Gasteiger partial charge is 0.225 e. The number of unbranched alkanes of at least 4 members (excludes halogenated alkanes) is 1. The quantitative estimate of drug-likeness (QED) is 0.801. The Morgan fingerprint density at radius 2 is 2.00 bits per heavy atom. The van der Waals surface area contributed by atoms with Crippen molar-refractivity contribution < 1.29 is 13.2 Å². The number of sulfone groups is 1. The Bertz CT molecular complexity index is 446. The average Bonchev–Trinajstić information content (AvgIpc) is 2.44. The minimum atomic E-state index is -2.99. The number of nitrogens with zero attached hydrogens (tertiary/aromatic N) is 1. The van der Waals surface area contributed by atoms with E-state index in [1.807, 2.05) is 11.8 Å². The lowest BCUT2D eigenvalue weighted by Crippen LogP contribution is -2.58. The van der Waals surface area contributed by atoms with E-state index in [4.69, 9.17) is 0 Å². The molecule has 1 amide bonds. The SMILES string of the molecule is CCCCC(C)C(=O)N1CCS(=O)(=O)C2CCCCC21. The monoisotopic (exact) mass is 301 g/mol. The molecule has 1 saturated heterocycles. The van der Waals surface area contributed by atoms with Crippen LogP contribution in [0.2, 0.25) is 0 Å². The first-order valence-electron chi connectivity index (χ1n) is 7.99. The molecule has 1 aliphatic heterocycles. The molecular formula is C15H27NO3S. The summed E-state index contributed by atoms with van der Waals surface area (Å²) in [6.45, 7) is 4.51. The Labute approximate surface area is 122 Å².